The van der Waals surface area contributed by atoms with Crippen molar-refractivity contribution in [2.45, 2.75) is 13.8 Å². The van der Waals surface area contributed by atoms with Crippen LogP contribution in [0.15, 0.2) is 36.4 Å². The number of nitrogens with one attached hydrogen (secondary N) is 2. The topological polar surface area (TPSA) is 67.4 Å². The molecule has 2 N–H and O–H groups in total. The average Bonchev–Trinajstić information content (AvgIpc) is 2.50. The largest absolute Gasteiger partial charge is 0.482 e. The van der Waals surface area contributed by atoms with Gasteiger partial charge in [-0.1, -0.05) is 6.07 Å². The number of amides is 2. The Hall–Kier alpha value is -2.82. The molecule has 0 unspecified atom stereocenters. The fourth-order valence-electron chi connectivity index (χ4n) is 2.24. The van der Waals surface area contributed by atoms with E-state index < -0.39 is 0 Å². The normalized spacial score (nSPS) is 12.9. The number of hydrogen-bond acceptors (Lipinski definition) is 3. The molecule has 1 aliphatic rings. The first-order chi connectivity index (χ1) is 10.5. The maximum absolute atomic E-state index is 12.3. The molecule has 2 aromatic rings. The van der Waals surface area contributed by atoms with Crippen LogP contribution >= 0.6 is 0 Å². The summed E-state index contributed by atoms with van der Waals surface area (Å²) in [4.78, 5) is 23.5. The number of ether oxygens (including phenoxy) is 1. The Morgan fingerprint density at radius 3 is 2.73 bits per heavy atom. The molecule has 0 radical (unpaired) electrons. The zero-order chi connectivity index (χ0) is 15.7. The summed E-state index contributed by atoms with van der Waals surface area (Å²) in [5.41, 5.74) is 4.06. The number of benzene rings is 2. The number of fused-ring (bicyclic) bond motifs is 1. The van der Waals surface area contributed by atoms with Gasteiger partial charge in [-0.05, 0) is 49.2 Å². The van der Waals surface area contributed by atoms with E-state index in [1.807, 2.05) is 26.0 Å². The van der Waals surface area contributed by atoms with Crippen LogP contribution in [0.2, 0.25) is 0 Å². The highest BCUT2D eigenvalue weighted by Gasteiger charge is 2.16. The number of rotatable bonds is 2. The Balaban J connectivity index is 1.79. The first-order valence-corrected chi connectivity index (χ1v) is 6.98. The van der Waals surface area contributed by atoms with Crippen molar-refractivity contribution < 1.29 is 14.3 Å². The summed E-state index contributed by atoms with van der Waals surface area (Å²) in [7, 11) is 0. The lowest BCUT2D eigenvalue weighted by Gasteiger charge is -2.18. The van der Waals surface area contributed by atoms with Crippen molar-refractivity contribution in [1.82, 2.24) is 0 Å². The monoisotopic (exact) mass is 296 g/mol. The smallest absolute Gasteiger partial charge is 0.262 e. The lowest BCUT2D eigenvalue weighted by molar-refractivity contribution is -0.118. The highest BCUT2D eigenvalue weighted by molar-refractivity contribution is 6.05. The van der Waals surface area contributed by atoms with Gasteiger partial charge in [0.05, 0.1) is 5.69 Å². The van der Waals surface area contributed by atoms with Crippen molar-refractivity contribution in [2.24, 2.45) is 0 Å². The molecule has 0 saturated heterocycles. The molecule has 0 aliphatic carbocycles. The molecule has 0 spiro atoms. The highest BCUT2D eigenvalue weighted by Crippen LogP contribution is 2.30. The van der Waals surface area contributed by atoms with Crippen LogP contribution in [0.25, 0.3) is 0 Å². The van der Waals surface area contributed by atoms with Crippen molar-refractivity contribution in [1.29, 1.82) is 0 Å². The van der Waals surface area contributed by atoms with Gasteiger partial charge in [0.1, 0.15) is 5.75 Å². The molecule has 1 heterocycles. The van der Waals surface area contributed by atoms with E-state index in [1.54, 1.807) is 24.3 Å². The van der Waals surface area contributed by atoms with Crippen molar-refractivity contribution >= 4 is 23.2 Å². The van der Waals surface area contributed by atoms with Crippen molar-refractivity contribution in [2.75, 3.05) is 17.2 Å². The van der Waals surface area contributed by atoms with Gasteiger partial charge in [-0.3, -0.25) is 9.59 Å². The lowest BCUT2D eigenvalue weighted by Crippen LogP contribution is -2.25. The average molecular weight is 296 g/mol. The van der Waals surface area contributed by atoms with Gasteiger partial charge in [0, 0.05) is 17.3 Å². The Morgan fingerprint density at radius 1 is 1.14 bits per heavy atom. The third-order valence-electron chi connectivity index (χ3n) is 3.64. The molecular weight excluding hydrogens is 280 g/mol. The van der Waals surface area contributed by atoms with E-state index in [0.29, 0.717) is 22.7 Å². The summed E-state index contributed by atoms with van der Waals surface area (Å²) >= 11 is 0. The van der Waals surface area contributed by atoms with Crippen LogP contribution in [0.3, 0.4) is 0 Å². The molecule has 5 heteroatoms. The van der Waals surface area contributed by atoms with E-state index in [9.17, 15) is 9.59 Å². The molecule has 22 heavy (non-hydrogen) atoms. The van der Waals surface area contributed by atoms with E-state index in [1.165, 1.54) is 0 Å². The minimum absolute atomic E-state index is 0.0123. The van der Waals surface area contributed by atoms with Crippen LogP contribution in [0, 0.1) is 13.8 Å². The van der Waals surface area contributed by atoms with Gasteiger partial charge in [0.25, 0.3) is 11.8 Å². The predicted octanol–water partition coefficient (Wildman–Crippen LogP) is 2.89. The molecule has 1 aliphatic heterocycles. The molecule has 0 atom stereocenters. The maximum Gasteiger partial charge on any atom is 0.262 e. The number of aryl methyl sites for hydroxylation is 2. The second-order valence-corrected chi connectivity index (χ2v) is 5.30. The molecule has 5 nitrogen and oxygen atoms in total. The zero-order valence-corrected chi connectivity index (χ0v) is 12.4. The van der Waals surface area contributed by atoms with Gasteiger partial charge in [0.2, 0.25) is 0 Å². The Morgan fingerprint density at radius 2 is 1.95 bits per heavy atom. The van der Waals surface area contributed by atoms with E-state index in [-0.39, 0.29) is 18.4 Å². The quantitative estimate of drug-likeness (QED) is 0.895. The Kier molecular flexibility index (Phi) is 3.55. The summed E-state index contributed by atoms with van der Waals surface area (Å²) < 4.78 is 5.34. The minimum atomic E-state index is -0.181. The van der Waals surface area contributed by atoms with E-state index in [4.69, 9.17) is 4.74 Å². The summed E-state index contributed by atoms with van der Waals surface area (Å²) in [6.07, 6.45) is 0. The Labute approximate surface area is 128 Å². The fraction of sp³-hybridized carbons (Fsp3) is 0.176. The molecule has 2 aromatic carbocycles. The maximum atomic E-state index is 12.3. The Bertz CT molecular complexity index is 768. The lowest BCUT2D eigenvalue weighted by atomic mass is 10.1. The number of carbonyl (C=O) groups excluding carboxylic acids is 2. The van der Waals surface area contributed by atoms with Crippen LogP contribution < -0.4 is 15.4 Å². The zero-order valence-electron chi connectivity index (χ0n) is 12.4. The summed E-state index contributed by atoms with van der Waals surface area (Å²) in [6.45, 7) is 3.97. The molecule has 112 valence electrons. The number of anilines is 2. The molecule has 0 saturated carbocycles. The summed E-state index contributed by atoms with van der Waals surface area (Å²) in [6, 6.07) is 10.7. The standard InChI is InChI=1S/C17H16N2O3/c1-10-3-4-12(7-11(10)2)17(21)18-13-5-6-14-15(8-13)22-9-16(20)19-14/h3-8H,9H2,1-2H3,(H,18,21)(H,19,20). The molecule has 0 fully saturated rings. The first kappa shape index (κ1) is 14.1. The minimum Gasteiger partial charge on any atom is -0.482 e. The SMILES string of the molecule is Cc1ccc(C(=O)Nc2ccc3c(c2)OCC(=O)N3)cc1C. The predicted molar refractivity (Wildman–Crippen MR) is 84.4 cm³/mol. The molecule has 0 aromatic heterocycles. The van der Waals surface area contributed by atoms with Gasteiger partial charge in [-0.2, -0.15) is 0 Å². The summed E-state index contributed by atoms with van der Waals surface area (Å²) in [5.74, 6) is 0.194. The third-order valence-corrected chi connectivity index (χ3v) is 3.64. The van der Waals surface area contributed by atoms with Gasteiger partial charge >= 0.3 is 0 Å². The van der Waals surface area contributed by atoms with Crippen molar-refractivity contribution in [3.8, 4) is 5.75 Å². The molecule has 0 bridgehead atoms. The summed E-state index contributed by atoms with van der Waals surface area (Å²) in [5, 5.41) is 5.54. The van der Waals surface area contributed by atoms with E-state index >= 15 is 0 Å². The molecule has 2 amide bonds. The number of hydrogen-bond donors (Lipinski definition) is 2. The van der Waals surface area contributed by atoms with Gasteiger partial charge < -0.3 is 15.4 Å². The van der Waals surface area contributed by atoms with Crippen LogP contribution in [0.4, 0.5) is 11.4 Å². The fourth-order valence-corrected chi connectivity index (χ4v) is 2.24. The first-order valence-electron chi connectivity index (χ1n) is 6.98. The molecular formula is C17H16N2O3. The van der Waals surface area contributed by atoms with E-state index in [2.05, 4.69) is 10.6 Å². The number of carbonyl (C=O) groups is 2. The second kappa shape index (κ2) is 5.52. The van der Waals surface area contributed by atoms with Crippen LogP contribution in [0.1, 0.15) is 21.5 Å². The van der Waals surface area contributed by atoms with Crippen LogP contribution in [-0.4, -0.2) is 18.4 Å². The molecule has 3 rings (SSSR count). The van der Waals surface area contributed by atoms with Crippen LogP contribution in [-0.2, 0) is 4.79 Å². The van der Waals surface area contributed by atoms with Gasteiger partial charge in [0.15, 0.2) is 6.61 Å². The van der Waals surface area contributed by atoms with Gasteiger partial charge in [-0.15, -0.1) is 0 Å². The van der Waals surface area contributed by atoms with E-state index in [0.717, 1.165) is 11.1 Å². The second-order valence-electron chi connectivity index (χ2n) is 5.30. The van der Waals surface area contributed by atoms with Crippen molar-refractivity contribution in [3.05, 3.63) is 53.1 Å². The highest BCUT2D eigenvalue weighted by atomic mass is 16.5. The van der Waals surface area contributed by atoms with Gasteiger partial charge in [-0.25, -0.2) is 0 Å². The van der Waals surface area contributed by atoms with Crippen molar-refractivity contribution in [3.63, 3.8) is 0 Å². The third kappa shape index (κ3) is 2.79. The van der Waals surface area contributed by atoms with Crippen LogP contribution in [0.5, 0.6) is 5.75 Å².